The minimum atomic E-state index is -0.0838. The molecule has 5 heteroatoms. The number of halogens is 1. The van der Waals surface area contributed by atoms with Crippen molar-refractivity contribution in [2.75, 3.05) is 35.2 Å². The van der Waals surface area contributed by atoms with Crippen LogP contribution in [0.15, 0.2) is 48.5 Å². The molecule has 0 unspecified atom stereocenters. The van der Waals surface area contributed by atoms with Gasteiger partial charge in [0.15, 0.2) is 0 Å². The van der Waals surface area contributed by atoms with Crippen molar-refractivity contribution in [1.29, 1.82) is 0 Å². The maximum Gasteiger partial charge on any atom is 0.243 e. The Labute approximate surface area is 154 Å². The summed E-state index contributed by atoms with van der Waals surface area (Å²) in [6, 6.07) is 15.4. The molecule has 2 aromatic carbocycles. The number of amides is 1. The number of carbonyl (C=O) groups is 1. The Kier molecular flexibility index (Phi) is 5.82. The maximum atomic E-state index is 12.1. The molecular weight excluding hydrogens is 334 g/mol. The van der Waals surface area contributed by atoms with Crippen LogP contribution in [0.5, 0.6) is 0 Å². The molecule has 25 heavy (non-hydrogen) atoms. The highest BCUT2D eigenvalue weighted by Crippen LogP contribution is 2.24. The molecule has 2 N–H and O–H groups in total. The summed E-state index contributed by atoms with van der Waals surface area (Å²) >= 11 is 5.93. The van der Waals surface area contributed by atoms with Crippen LogP contribution >= 0.6 is 11.6 Å². The first-order valence-corrected chi connectivity index (χ1v) is 9.12. The van der Waals surface area contributed by atoms with Gasteiger partial charge < -0.3 is 15.5 Å². The van der Waals surface area contributed by atoms with Gasteiger partial charge in [-0.15, -0.1) is 0 Å². The van der Waals surface area contributed by atoms with E-state index in [1.165, 1.54) is 18.5 Å². The van der Waals surface area contributed by atoms with Crippen molar-refractivity contribution in [1.82, 2.24) is 0 Å². The number of piperidine rings is 1. The fourth-order valence-electron chi connectivity index (χ4n) is 3.01. The van der Waals surface area contributed by atoms with Crippen LogP contribution in [0.1, 0.15) is 19.8 Å². The maximum absolute atomic E-state index is 12.1. The zero-order chi connectivity index (χ0) is 17.6. The molecule has 0 bridgehead atoms. The number of nitrogens with zero attached hydrogens (tertiary/aromatic N) is 1. The molecule has 0 spiro atoms. The third-order valence-corrected chi connectivity index (χ3v) is 4.81. The van der Waals surface area contributed by atoms with E-state index in [4.69, 9.17) is 11.6 Å². The standard InChI is InChI=1S/C20H24ClN3O/c1-15-9-11-24(12-10-15)19-7-5-17(6-8-19)23-20(25)14-22-18-4-2-3-16(21)13-18/h2-8,13,15,22H,9-12,14H2,1H3,(H,23,25). The van der Waals surface area contributed by atoms with Gasteiger partial charge in [-0.3, -0.25) is 4.79 Å². The predicted molar refractivity (Wildman–Crippen MR) is 106 cm³/mol. The van der Waals surface area contributed by atoms with Crippen LogP contribution in [0.2, 0.25) is 5.02 Å². The zero-order valence-corrected chi connectivity index (χ0v) is 15.2. The van der Waals surface area contributed by atoms with Gasteiger partial charge in [0.1, 0.15) is 0 Å². The monoisotopic (exact) mass is 357 g/mol. The molecule has 0 radical (unpaired) electrons. The fourth-order valence-corrected chi connectivity index (χ4v) is 3.20. The lowest BCUT2D eigenvalue weighted by Gasteiger charge is -2.32. The summed E-state index contributed by atoms with van der Waals surface area (Å²) in [7, 11) is 0. The van der Waals surface area contributed by atoms with E-state index >= 15 is 0 Å². The number of rotatable bonds is 5. The van der Waals surface area contributed by atoms with Crippen molar-refractivity contribution in [2.24, 2.45) is 5.92 Å². The third kappa shape index (κ3) is 5.13. The Hall–Kier alpha value is -2.20. The van der Waals surface area contributed by atoms with Crippen LogP contribution in [0.3, 0.4) is 0 Å². The minimum absolute atomic E-state index is 0.0838. The van der Waals surface area contributed by atoms with E-state index in [2.05, 4.69) is 34.6 Å². The zero-order valence-electron chi connectivity index (χ0n) is 14.5. The topological polar surface area (TPSA) is 44.4 Å². The second-order valence-electron chi connectivity index (χ2n) is 6.63. The van der Waals surface area contributed by atoms with E-state index in [9.17, 15) is 4.79 Å². The molecule has 0 aromatic heterocycles. The van der Waals surface area contributed by atoms with E-state index in [1.807, 2.05) is 24.3 Å². The average Bonchev–Trinajstić information content (AvgIpc) is 2.62. The van der Waals surface area contributed by atoms with Crippen LogP contribution in [0, 0.1) is 5.92 Å². The average molecular weight is 358 g/mol. The Morgan fingerprint density at radius 1 is 1.12 bits per heavy atom. The second kappa shape index (κ2) is 8.26. The van der Waals surface area contributed by atoms with Gasteiger partial charge in [0.05, 0.1) is 6.54 Å². The lowest BCUT2D eigenvalue weighted by atomic mass is 9.99. The van der Waals surface area contributed by atoms with Crippen LogP contribution < -0.4 is 15.5 Å². The van der Waals surface area contributed by atoms with Crippen LogP contribution in [-0.4, -0.2) is 25.5 Å². The Morgan fingerprint density at radius 3 is 2.52 bits per heavy atom. The smallest absolute Gasteiger partial charge is 0.243 e. The molecule has 1 heterocycles. The summed E-state index contributed by atoms with van der Waals surface area (Å²) in [5.74, 6) is 0.737. The molecule has 1 fully saturated rings. The van der Waals surface area contributed by atoms with Crippen molar-refractivity contribution in [2.45, 2.75) is 19.8 Å². The third-order valence-electron chi connectivity index (χ3n) is 4.58. The number of benzene rings is 2. The number of carbonyl (C=O) groups excluding carboxylic acids is 1. The highest BCUT2D eigenvalue weighted by atomic mass is 35.5. The second-order valence-corrected chi connectivity index (χ2v) is 7.06. The lowest BCUT2D eigenvalue weighted by molar-refractivity contribution is -0.114. The Balaban J connectivity index is 1.50. The van der Waals surface area contributed by atoms with Gasteiger partial charge in [-0.25, -0.2) is 0 Å². The largest absolute Gasteiger partial charge is 0.376 e. The van der Waals surface area contributed by atoms with Gasteiger partial charge >= 0.3 is 0 Å². The quantitative estimate of drug-likeness (QED) is 0.820. The molecule has 3 rings (SSSR count). The van der Waals surface area contributed by atoms with Gasteiger partial charge in [-0.2, -0.15) is 0 Å². The molecule has 1 saturated heterocycles. The van der Waals surface area contributed by atoms with E-state index in [0.717, 1.165) is 30.4 Å². The summed E-state index contributed by atoms with van der Waals surface area (Å²) in [6.45, 7) is 4.73. The summed E-state index contributed by atoms with van der Waals surface area (Å²) in [5.41, 5.74) is 2.87. The van der Waals surface area contributed by atoms with Gasteiger partial charge in [0, 0.05) is 35.2 Å². The molecule has 0 aliphatic carbocycles. The SMILES string of the molecule is CC1CCN(c2ccc(NC(=O)CNc3cccc(Cl)c3)cc2)CC1. The Morgan fingerprint density at radius 2 is 1.84 bits per heavy atom. The molecule has 1 aliphatic rings. The minimum Gasteiger partial charge on any atom is -0.376 e. The molecule has 4 nitrogen and oxygen atoms in total. The normalized spacial score (nSPS) is 15.0. The first-order chi connectivity index (χ1) is 12.1. The highest BCUT2D eigenvalue weighted by molar-refractivity contribution is 6.30. The summed E-state index contributed by atoms with van der Waals surface area (Å²) in [5, 5.41) is 6.63. The molecule has 1 aliphatic heterocycles. The first kappa shape index (κ1) is 17.6. The number of hydrogen-bond acceptors (Lipinski definition) is 3. The molecule has 0 saturated carbocycles. The van der Waals surface area contributed by atoms with Crippen molar-refractivity contribution < 1.29 is 4.79 Å². The fraction of sp³-hybridized carbons (Fsp3) is 0.350. The van der Waals surface area contributed by atoms with Gasteiger partial charge in [-0.1, -0.05) is 24.6 Å². The van der Waals surface area contributed by atoms with Crippen LogP contribution in [-0.2, 0) is 4.79 Å². The summed E-state index contributed by atoms with van der Waals surface area (Å²) < 4.78 is 0. The summed E-state index contributed by atoms with van der Waals surface area (Å²) in [4.78, 5) is 14.5. The molecule has 1 amide bonds. The van der Waals surface area contributed by atoms with Gasteiger partial charge in [0.2, 0.25) is 5.91 Å². The Bertz CT molecular complexity index is 709. The number of nitrogens with one attached hydrogen (secondary N) is 2. The molecule has 0 atom stereocenters. The van der Waals surface area contributed by atoms with Crippen LogP contribution in [0.4, 0.5) is 17.1 Å². The number of hydrogen-bond donors (Lipinski definition) is 2. The van der Waals surface area contributed by atoms with Gasteiger partial charge in [-0.05, 0) is 61.2 Å². The number of anilines is 3. The molecule has 2 aromatic rings. The first-order valence-electron chi connectivity index (χ1n) is 8.74. The van der Waals surface area contributed by atoms with Crippen LogP contribution in [0.25, 0.3) is 0 Å². The van der Waals surface area contributed by atoms with E-state index < -0.39 is 0 Å². The van der Waals surface area contributed by atoms with Crippen molar-refractivity contribution in [3.05, 3.63) is 53.6 Å². The van der Waals surface area contributed by atoms with Gasteiger partial charge in [0.25, 0.3) is 0 Å². The van der Waals surface area contributed by atoms with E-state index in [1.54, 1.807) is 12.1 Å². The molecule has 132 valence electrons. The van der Waals surface area contributed by atoms with E-state index in [-0.39, 0.29) is 12.5 Å². The van der Waals surface area contributed by atoms with Crippen molar-refractivity contribution >= 4 is 34.6 Å². The lowest BCUT2D eigenvalue weighted by Crippen LogP contribution is -2.32. The predicted octanol–water partition coefficient (Wildman–Crippen LogP) is 4.63. The summed E-state index contributed by atoms with van der Waals surface area (Å²) in [6.07, 6.45) is 2.49. The van der Waals surface area contributed by atoms with E-state index in [0.29, 0.717) is 5.02 Å². The van der Waals surface area contributed by atoms with Crippen molar-refractivity contribution in [3.8, 4) is 0 Å². The molecular formula is C20H24ClN3O. The highest BCUT2D eigenvalue weighted by Gasteiger charge is 2.15. The van der Waals surface area contributed by atoms with Crippen molar-refractivity contribution in [3.63, 3.8) is 0 Å².